The van der Waals surface area contributed by atoms with Crippen LogP contribution in [0.2, 0.25) is 0 Å². The van der Waals surface area contributed by atoms with Gasteiger partial charge in [-0.1, -0.05) is 0 Å². The quantitative estimate of drug-likeness (QED) is 0.423. The van der Waals surface area contributed by atoms with Crippen molar-refractivity contribution >= 4 is 45.9 Å². The van der Waals surface area contributed by atoms with Crippen LogP contribution in [0.5, 0.6) is 0 Å². The monoisotopic (exact) mass is 331 g/mol. The number of hydrogen-bond donors (Lipinski definition) is 3. The summed E-state index contributed by atoms with van der Waals surface area (Å²) >= 11 is 3.65. The van der Waals surface area contributed by atoms with Gasteiger partial charge >= 0.3 is 33.3 Å². The van der Waals surface area contributed by atoms with Crippen LogP contribution in [-0.4, -0.2) is 50.2 Å². The minimum absolute atomic E-state index is 0. The molecule has 0 fully saturated rings. The van der Waals surface area contributed by atoms with Crippen LogP contribution in [0.15, 0.2) is 0 Å². The van der Waals surface area contributed by atoms with E-state index in [-0.39, 0.29) is 33.1 Å². The van der Waals surface area contributed by atoms with Crippen LogP contribution in [0.25, 0.3) is 0 Å². The standard InChI is InChI=1S/C3H7NO2S.Pb.2H/c4-2(1-7)3(5)6;;;/h2,7H,1,4H2,(H,5,6);;;. The Hall–Kier alpha value is 0.702. The fraction of sp³-hybridized carbons (Fsp3) is 0.667. The molecule has 5 heteroatoms. The SMILES string of the molecule is NC(CS)C(=O)O.[PbH2]. The number of aliphatic carboxylic acids is 1. The van der Waals surface area contributed by atoms with Crippen molar-refractivity contribution in [1.29, 1.82) is 0 Å². The molecule has 8 heavy (non-hydrogen) atoms. The Balaban J connectivity index is 0. The maximum absolute atomic E-state index is 9.76. The molecule has 2 radical (unpaired) electrons. The van der Waals surface area contributed by atoms with E-state index in [2.05, 4.69) is 12.6 Å². The zero-order valence-corrected chi connectivity index (χ0v) is 10.8. The molecule has 0 saturated heterocycles. The zero-order valence-electron chi connectivity index (χ0n) is 4.37. The fourth-order valence-electron chi connectivity index (χ4n) is 0.0781. The molecule has 0 aromatic carbocycles. The molecule has 3 N–H and O–H groups in total. The van der Waals surface area contributed by atoms with Crippen molar-refractivity contribution in [2.24, 2.45) is 5.73 Å². The van der Waals surface area contributed by atoms with Gasteiger partial charge in [0.1, 0.15) is 6.04 Å². The van der Waals surface area contributed by atoms with E-state index in [1.54, 1.807) is 0 Å². The molecule has 0 amide bonds. The molecule has 1 atom stereocenters. The average Bonchev–Trinajstić information content (AvgIpc) is 1.65. The molecule has 0 aliphatic rings. The average molecular weight is 330 g/mol. The molecule has 0 bridgehead atoms. The Morgan fingerprint density at radius 1 is 1.88 bits per heavy atom. The number of carbonyl (C=O) groups is 1. The predicted octanol–water partition coefficient (Wildman–Crippen LogP) is -1.59. The molecule has 0 aliphatic heterocycles. The Morgan fingerprint density at radius 2 is 2.25 bits per heavy atom. The second-order valence-electron chi connectivity index (χ2n) is 1.13. The van der Waals surface area contributed by atoms with Crippen LogP contribution in [0.4, 0.5) is 0 Å². The molecule has 0 saturated carbocycles. The number of hydrogen-bond acceptors (Lipinski definition) is 3. The Bertz CT molecular complexity index is 79.7. The van der Waals surface area contributed by atoms with E-state index in [9.17, 15) is 4.79 Å². The van der Waals surface area contributed by atoms with Gasteiger partial charge < -0.3 is 10.8 Å². The third-order valence-electron chi connectivity index (χ3n) is 0.514. The van der Waals surface area contributed by atoms with E-state index in [0.29, 0.717) is 0 Å². The minimum atomic E-state index is -1.00. The second-order valence-corrected chi connectivity index (χ2v) is 1.49. The first-order valence-corrected chi connectivity index (χ1v) is 2.41. The van der Waals surface area contributed by atoms with Crippen molar-refractivity contribution in [3.05, 3.63) is 0 Å². The van der Waals surface area contributed by atoms with Gasteiger partial charge in [0.2, 0.25) is 0 Å². The first-order valence-electron chi connectivity index (χ1n) is 1.77. The van der Waals surface area contributed by atoms with E-state index in [4.69, 9.17) is 10.8 Å². The van der Waals surface area contributed by atoms with Gasteiger partial charge in [-0.05, 0) is 0 Å². The number of nitrogens with two attached hydrogens (primary N) is 1. The van der Waals surface area contributed by atoms with Crippen molar-refractivity contribution in [3.8, 4) is 0 Å². The van der Waals surface area contributed by atoms with Gasteiger partial charge in [0.25, 0.3) is 0 Å². The first-order chi connectivity index (χ1) is 3.18. The zero-order chi connectivity index (χ0) is 5.86. The Kier molecular flexibility index (Phi) is 8.38. The molecule has 0 aromatic heterocycles. The van der Waals surface area contributed by atoms with Crippen LogP contribution in [0.1, 0.15) is 0 Å². The van der Waals surface area contributed by atoms with Crippen LogP contribution in [-0.2, 0) is 4.79 Å². The molecule has 0 aromatic rings. The third-order valence-corrected chi connectivity index (χ3v) is 0.907. The number of carboxylic acids is 1. The third kappa shape index (κ3) is 4.85. The molecule has 48 valence electrons. The maximum atomic E-state index is 9.76. The van der Waals surface area contributed by atoms with E-state index in [1.807, 2.05) is 0 Å². The van der Waals surface area contributed by atoms with Crippen LogP contribution < -0.4 is 5.73 Å². The topological polar surface area (TPSA) is 63.3 Å². The van der Waals surface area contributed by atoms with Gasteiger partial charge in [0.15, 0.2) is 0 Å². The summed E-state index contributed by atoms with van der Waals surface area (Å²) in [6, 6.07) is -0.816. The molecular weight excluding hydrogens is 321 g/mol. The molecule has 0 rings (SSSR count). The normalized spacial score (nSPS) is 11.8. The number of carboxylic acid groups (broad SMARTS) is 1. The van der Waals surface area contributed by atoms with Crippen LogP contribution >= 0.6 is 12.6 Å². The Morgan fingerprint density at radius 3 is 2.25 bits per heavy atom. The molecule has 0 heterocycles. The van der Waals surface area contributed by atoms with E-state index >= 15 is 0 Å². The summed E-state index contributed by atoms with van der Waals surface area (Å²) in [5.41, 5.74) is 4.94. The van der Waals surface area contributed by atoms with Crippen molar-refractivity contribution in [2.45, 2.75) is 6.04 Å². The van der Waals surface area contributed by atoms with Gasteiger partial charge in [0, 0.05) is 5.75 Å². The molecule has 0 aliphatic carbocycles. The van der Waals surface area contributed by atoms with Gasteiger partial charge in [-0.2, -0.15) is 12.6 Å². The van der Waals surface area contributed by atoms with Gasteiger partial charge in [-0.15, -0.1) is 0 Å². The van der Waals surface area contributed by atoms with Gasteiger partial charge in [-0.3, -0.25) is 4.79 Å². The summed E-state index contributed by atoms with van der Waals surface area (Å²) in [5.74, 6) is -0.815. The predicted molar refractivity (Wildman–Crippen MR) is 38.0 cm³/mol. The van der Waals surface area contributed by atoms with Crippen LogP contribution in [0, 0.1) is 0 Å². The first kappa shape index (κ1) is 11.5. The summed E-state index contributed by atoms with van der Waals surface area (Å²) in [6.45, 7) is 0. The molecular formula is C3H9NO2PbS. The number of thiol groups is 1. The summed E-state index contributed by atoms with van der Waals surface area (Å²) in [7, 11) is 0. The van der Waals surface area contributed by atoms with Crippen LogP contribution in [0.3, 0.4) is 0 Å². The van der Waals surface area contributed by atoms with Crippen molar-refractivity contribution < 1.29 is 9.90 Å². The summed E-state index contributed by atoms with van der Waals surface area (Å²) < 4.78 is 0. The van der Waals surface area contributed by atoms with Gasteiger partial charge in [0.05, 0.1) is 0 Å². The van der Waals surface area contributed by atoms with Crippen molar-refractivity contribution in [2.75, 3.05) is 5.75 Å². The fourth-order valence-corrected chi connectivity index (χ4v) is 0.234. The van der Waals surface area contributed by atoms with Gasteiger partial charge in [-0.25, -0.2) is 0 Å². The Labute approximate surface area is 73.2 Å². The van der Waals surface area contributed by atoms with E-state index in [0.717, 1.165) is 0 Å². The van der Waals surface area contributed by atoms with E-state index < -0.39 is 12.0 Å². The summed E-state index contributed by atoms with van der Waals surface area (Å²) in [4.78, 5) is 9.76. The molecule has 0 spiro atoms. The molecule has 3 nitrogen and oxygen atoms in total. The number of rotatable bonds is 2. The van der Waals surface area contributed by atoms with E-state index in [1.165, 1.54) is 0 Å². The molecule has 1 unspecified atom stereocenters. The van der Waals surface area contributed by atoms with Crippen molar-refractivity contribution in [3.63, 3.8) is 0 Å². The summed E-state index contributed by atoms with van der Waals surface area (Å²) in [5, 5.41) is 8.01. The summed E-state index contributed by atoms with van der Waals surface area (Å²) in [6.07, 6.45) is 0. The second kappa shape index (κ2) is 5.83. The van der Waals surface area contributed by atoms with Crippen molar-refractivity contribution in [1.82, 2.24) is 0 Å².